The van der Waals surface area contributed by atoms with E-state index in [9.17, 15) is 9.90 Å². The van der Waals surface area contributed by atoms with Gasteiger partial charge in [0.05, 0.1) is 23.4 Å². The number of aliphatic hydroxyl groups is 1. The van der Waals surface area contributed by atoms with Gasteiger partial charge in [-0.1, -0.05) is 12.1 Å². The lowest BCUT2D eigenvalue weighted by molar-refractivity contribution is -0.136. The van der Waals surface area contributed by atoms with Crippen molar-refractivity contribution < 1.29 is 9.90 Å². The normalized spacial score (nSPS) is 11.9. The van der Waals surface area contributed by atoms with E-state index in [0.717, 1.165) is 11.0 Å². The molecule has 2 rings (SSSR count). The monoisotopic (exact) mass is 258 g/mol. The lowest BCUT2D eigenvalue weighted by Gasteiger charge is -2.13. The largest absolute Gasteiger partial charge is 0.381 e. The summed E-state index contributed by atoms with van der Waals surface area (Å²) < 4.78 is 0. The number of rotatable bonds is 3. The second-order valence-electron chi connectivity index (χ2n) is 4.54. The van der Waals surface area contributed by atoms with Crippen LogP contribution in [0.4, 0.5) is 0 Å². The van der Waals surface area contributed by atoms with Crippen LogP contribution in [0.15, 0.2) is 35.6 Å². The van der Waals surface area contributed by atoms with E-state index in [1.807, 2.05) is 24.3 Å². The van der Waals surface area contributed by atoms with Crippen LogP contribution < -0.4 is 5.43 Å². The fourth-order valence-electron chi connectivity index (χ4n) is 1.33. The van der Waals surface area contributed by atoms with Gasteiger partial charge in [-0.2, -0.15) is 5.10 Å². The van der Waals surface area contributed by atoms with Gasteiger partial charge in [-0.25, -0.2) is 10.4 Å². The Morgan fingerprint density at radius 1 is 1.37 bits per heavy atom. The van der Waals surface area contributed by atoms with E-state index < -0.39 is 11.5 Å². The van der Waals surface area contributed by atoms with Gasteiger partial charge in [-0.05, 0) is 26.0 Å². The fraction of sp³-hybridized carbons (Fsp3) is 0.231. The average Bonchev–Trinajstić information content (AvgIpc) is 2.37. The third-order valence-electron chi connectivity index (χ3n) is 2.39. The molecule has 0 radical (unpaired) electrons. The number of fused-ring (bicyclic) bond motifs is 1. The summed E-state index contributed by atoms with van der Waals surface area (Å²) in [6.07, 6.45) is 2.94. The summed E-state index contributed by atoms with van der Waals surface area (Å²) in [7, 11) is 0. The zero-order chi connectivity index (χ0) is 13.9. The summed E-state index contributed by atoms with van der Waals surface area (Å²) in [6, 6.07) is 7.46. The molecule has 0 bridgehead atoms. The van der Waals surface area contributed by atoms with Crippen LogP contribution in [0.2, 0.25) is 0 Å². The van der Waals surface area contributed by atoms with Crippen molar-refractivity contribution in [1.82, 2.24) is 15.4 Å². The van der Waals surface area contributed by atoms with Crippen molar-refractivity contribution in [2.45, 2.75) is 19.4 Å². The highest BCUT2D eigenvalue weighted by atomic mass is 16.3. The molecule has 6 nitrogen and oxygen atoms in total. The molecule has 0 saturated carbocycles. The van der Waals surface area contributed by atoms with Crippen LogP contribution in [-0.4, -0.2) is 32.8 Å². The van der Waals surface area contributed by atoms with E-state index in [1.165, 1.54) is 20.1 Å². The molecule has 6 heteroatoms. The maximum absolute atomic E-state index is 11.4. The summed E-state index contributed by atoms with van der Waals surface area (Å²) in [4.78, 5) is 19.9. The second kappa shape index (κ2) is 5.11. The molecule has 0 spiro atoms. The van der Waals surface area contributed by atoms with Gasteiger partial charge >= 0.3 is 0 Å². The first kappa shape index (κ1) is 13.1. The lowest BCUT2D eigenvalue weighted by atomic mass is 10.1. The summed E-state index contributed by atoms with van der Waals surface area (Å²) in [5.41, 5.74) is 2.83. The summed E-state index contributed by atoms with van der Waals surface area (Å²) in [6.45, 7) is 2.77. The summed E-state index contributed by atoms with van der Waals surface area (Å²) in [5, 5.41) is 13.1. The maximum Gasteiger partial charge on any atom is 0.271 e. The molecule has 98 valence electrons. The molecular weight excluding hydrogens is 244 g/mol. The lowest BCUT2D eigenvalue weighted by Crippen LogP contribution is -2.39. The van der Waals surface area contributed by atoms with Gasteiger partial charge in [0, 0.05) is 0 Å². The van der Waals surface area contributed by atoms with Gasteiger partial charge in [0.2, 0.25) is 0 Å². The molecule has 0 aliphatic carbocycles. The van der Waals surface area contributed by atoms with E-state index in [2.05, 4.69) is 20.5 Å². The molecule has 0 saturated heterocycles. The minimum Gasteiger partial charge on any atom is -0.381 e. The third kappa shape index (κ3) is 3.32. The van der Waals surface area contributed by atoms with Crippen LogP contribution in [0.5, 0.6) is 0 Å². The Morgan fingerprint density at radius 3 is 2.74 bits per heavy atom. The van der Waals surface area contributed by atoms with Crippen molar-refractivity contribution in [2.24, 2.45) is 5.10 Å². The van der Waals surface area contributed by atoms with Gasteiger partial charge in [0.1, 0.15) is 11.3 Å². The fourth-order valence-corrected chi connectivity index (χ4v) is 1.33. The van der Waals surface area contributed by atoms with E-state index in [0.29, 0.717) is 5.69 Å². The average molecular weight is 258 g/mol. The Hall–Kier alpha value is -2.34. The Morgan fingerprint density at radius 2 is 2.05 bits per heavy atom. The van der Waals surface area contributed by atoms with Gasteiger partial charge < -0.3 is 5.11 Å². The minimum absolute atomic E-state index is 0.523. The molecule has 1 heterocycles. The first-order chi connectivity index (χ1) is 8.97. The van der Waals surface area contributed by atoms with Crippen molar-refractivity contribution in [3.05, 3.63) is 36.2 Å². The number of aromatic nitrogens is 2. The highest BCUT2D eigenvalue weighted by Gasteiger charge is 2.22. The van der Waals surface area contributed by atoms with Crippen molar-refractivity contribution in [2.75, 3.05) is 0 Å². The van der Waals surface area contributed by atoms with Gasteiger partial charge in [-0.15, -0.1) is 0 Å². The zero-order valence-corrected chi connectivity index (χ0v) is 10.7. The van der Waals surface area contributed by atoms with E-state index in [1.54, 1.807) is 6.20 Å². The first-order valence-electron chi connectivity index (χ1n) is 5.74. The Kier molecular flexibility index (Phi) is 3.52. The molecule has 19 heavy (non-hydrogen) atoms. The van der Waals surface area contributed by atoms with Crippen molar-refractivity contribution in [3.63, 3.8) is 0 Å². The van der Waals surface area contributed by atoms with E-state index >= 15 is 0 Å². The molecule has 1 aromatic carbocycles. The molecule has 1 amide bonds. The van der Waals surface area contributed by atoms with Crippen LogP contribution >= 0.6 is 0 Å². The molecule has 0 aliphatic rings. The number of hydrogen-bond donors (Lipinski definition) is 2. The number of amides is 1. The maximum atomic E-state index is 11.4. The minimum atomic E-state index is -1.47. The van der Waals surface area contributed by atoms with Crippen LogP contribution in [0, 0.1) is 0 Å². The molecule has 2 N–H and O–H groups in total. The molecular formula is C13H14N4O2. The van der Waals surface area contributed by atoms with E-state index in [4.69, 9.17) is 0 Å². The molecule has 0 aliphatic heterocycles. The van der Waals surface area contributed by atoms with Gasteiger partial charge in [-0.3, -0.25) is 9.78 Å². The molecule has 0 fully saturated rings. The van der Waals surface area contributed by atoms with Crippen LogP contribution in [0.25, 0.3) is 11.0 Å². The quantitative estimate of drug-likeness (QED) is 0.631. The molecule has 1 aromatic heterocycles. The highest BCUT2D eigenvalue weighted by molar-refractivity contribution is 5.86. The topological polar surface area (TPSA) is 87.5 Å². The van der Waals surface area contributed by atoms with Crippen LogP contribution in [-0.2, 0) is 4.79 Å². The number of hydrogen-bond acceptors (Lipinski definition) is 5. The standard InChI is InChI=1S/C13H14N4O2/c1-13(2,19)12(18)17-15-8-9-7-14-10-5-3-4-6-11(10)16-9/h3-8,19H,1-2H3,(H,17,18)/b15-8-. The van der Waals surface area contributed by atoms with Crippen molar-refractivity contribution in [3.8, 4) is 0 Å². The highest BCUT2D eigenvalue weighted by Crippen LogP contribution is 2.07. The first-order valence-corrected chi connectivity index (χ1v) is 5.74. The van der Waals surface area contributed by atoms with Gasteiger partial charge in [0.15, 0.2) is 0 Å². The number of carbonyl (C=O) groups excluding carboxylic acids is 1. The number of nitrogens with one attached hydrogen (secondary N) is 1. The summed E-state index contributed by atoms with van der Waals surface area (Å²) >= 11 is 0. The Labute approximate surface area is 110 Å². The van der Waals surface area contributed by atoms with Crippen molar-refractivity contribution in [1.29, 1.82) is 0 Å². The number of carbonyl (C=O) groups is 1. The molecule has 0 unspecified atom stereocenters. The summed E-state index contributed by atoms with van der Waals surface area (Å²) in [5.74, 6) is -0.586. The van der Waals surface area contributed by atoms with Crippen LogP contribution in [0.3, 0.4) is 0 Å². The Balaban J connectivity index is 2.11. The number of para-hydroxylation sites is 2. The van der Waals surface area contributed by atoms with Crippen LogP contribution in [0.1, 0.15) is 19.5 Å². The predicted molar refractivity (Wildman–Crippen MR) is 71.6 cm³/mol. The zero-order valence-electron chi connectivity index (χ0n) is 10.7. The van der Waals surface area contributed by atoms with E-state index in [-0.39, 0.29) is 0 Å². The van der Waals surface area contributed by atoms with Crippen molar-refractivity contribution >= 4 is 23.2 Å². The number of nitrogens with zero attached hydrogens (tertiary/aromatic N) is 3. The number of hydrazone groups is 1. The molecule has 2 aromatic rings. The predicted octanol–water partition coefficient (Wildman–Crippen LogP) is 0.851. The molecule has 0 atom stereocenters. The Bertz CT molecular complexity index is 632. The smallest absolute Gasteiger partial charge is 0.271 e. The number of benzene rings is 1. The second-order valence-corrected chi connectivity index (χ2v) is 4.54. The van der Waals surface area contributed by atoms with Gasteiger partial charge in [0.25, 0.3) is 5.91 Å². The third-order valence-corrected chi connectivity index (χ3v) is 2.39. The SMILES string of the molecule is CC(C)(O)C(=O)N/N=C\c1cnc2ccccc2n1.